The van der Waals surface area contributed by atoms with Crippen molar-refractivity contribution in [3.05, 3.63) is 71.3 Å². The van der Waals surface area contributed by atoms with Gasteiger partial charge in [-0.2, -0.15) is 0 Å². The molecule has 4 amide bonds. The van der Waals surface area contributed by atoms with Crippen LogP contribution in [0.15, 0.2) is 54.6 Å². The molecular weight excluding hydrogens is 366 g/mol. The Hall–Kier alpha value is -3.15. The van der Waals surface area contributed by atoms with Crippen LogP contribution in [0, 0.1) is 0 Å². The van der Waals surface area contributed by atoms with Crippen LogP contribution in [0.4, 0.5) is 4.79 Å². The second kappa shape index (κ2) is 7.70. The molecule has 0 bridgehead atoms. The van der Waals surface area contributed by atoms with E-state index < -0.39 is 11.6 Å². The van der Waals surface area contributed by atoms with Gasteiger partial charge in [0.1, 0.15) is 12.1 Å². The number of amides is 4. The maximum absolute atomic E-state index is 13.3. The van der Waals surface area contributed by atoms with Crippen molar-refractivity contribution in [1.29, 1.82) is 0 Å². The summed E-state index contributed by atoms with van der Waals surface area (Å²) in [5, 5.41) is 2.88. The molecule has 1 unspecified atom stereocenters. The smallest absolute Gasteiger partial charge is 0.325 e. The summed E-state index contributed by atoms with van der Waals surface area (Å²) in [4.78, 5) is 41.7. The quantitative estimate of drug-likeness (QED) is 0.797. The lowest BCUT2D eigenvalue weighted by atomic mass is 9.85. The second-order valence-corrected chi connectivity index (χ2v) is 7.68. The first-order chi connectivity index (χ1) is 14.0. The van der Waals surface area contributed by atoms with Crippen LogP contribution in [-0.2, 0) is 28.1 Å². The number of carbonyl (C=O) groups is 3. The minimum absolute atomic E-state index is 0.205. The highest BCUT2D eigenvalue weighted by Gasteiger charge is 2.52. The number of hydrogen-bond acceptors (Lipinski definition) is 3. The Kier molecular flexibility index (Phi) is 5.09. The monoisotopic (exact) mass is 391 g/mol. The number of nitrogens with zero attached hydrogens (tertiary/aromatic N) is 2. The summed E-state index contributed by atoms with van der Waals surface area (Å²) >= 11 is 0. The molecular formula is C23H25N3O3. The molecule has 1 N–H and O–H groups in total. The van der Waals surface area contributed by atoms with Crippen LogP contribution >= 0.6 is 0 Å². The Bertz CT molecular complexity index is 943. The van der Waals surface area contributed by atoms with Gasteiger partial charge >= 0.3 is 6.03 Å². The third-order valence-corrected chi connectivity index (χ3v) is 5.84. The van der Waals surface area contributed by atoms with Gasteiger partial charge in [0.15, 0.2) is 0 Å². The van der Waals surface area contributed by atoms with Gasteiger partial charge in [-0.05, 0) is 29.5 Å². The molecule has 0 spiro atoms. The molecule has 0 aromatic heterocycles. The van der Waals surface area contributed by atoms with E-state index in [1.165, 1.54) is 5.56 Å². The van der Waals surface area contributed by atoms with Gasteiger partial charge in [-0.15, -0.1) is 0 Å². The van der Waals surface area contributed by atoms with Gasteiger partial charge in [-0.3, -0.25) is 14.5 Å². The molecule has 29 heavy (non-hydrogen) atoms. The average molecular weight is 391 g/mol. The van der Waals surface area contributed by atoms with Crippen LogP contribution in [-0.4, -0.2) is 40.7 Å². The highest BCUT2D eigenvalue weighted by atomic mass is 16.2. The van der Waals surface area contributed by atoms with E-state index >= 15 is 0 Å². The van der Waals surface area contributed by atoms with Crippen molar-refractivity contribution in [2.24, 2.45) is 0 Å². The van der Waals surface area contributed by atoms with Crippen LogP contribution in [0.5, 0.6) is 0 Å². The molecule has 1 atom stereocenters. The zero-order valence-electron chi connectivity index (χ0n) is 16.6. The summed E-state index contributed by atoms with van der Waals surface area (Å²) in [5.74, 6) is -0.551. The second-order valence-electron chi connectivity index (χ2n) is 7.68. The molecule has 2 heterocycles. The van der Waals surface area contributed by atoms with Crippen molar-refractivity contribution in [3.8, 4) is 0 Å². The van der Waals surface area contributed by atoms with E-state index in [-0.39, 0.29) is 18.4 Å². The van der Waals surface area contributed by atoms with Crippen molar-refractivity contribution >= 4 is 17.8 Å². The summed E-state index contributed by atoms with van der Waals surface area (Å²) < 4.78 is 0. The molecule has 6 nitrogen and oxygen atoms in total. The standard InChI is InChI=1S/C23H25N3O3/c1-2-13-23(19-10-4-3-5-11-19)21(28)26(22(29)24-23)16-20(27)25-14-12-17-8-6-7-9-18(17)15-25/h3-11H,2,12-16H2,1H3,(H,24,29). The Balaban J connectivity index is 1.53. The van der Waals surface area contributed by atoms with Gasteiger partial charge in [0, 0.05) is 13.1 Å². The minimum atomic E-state index is -1.10. The summed E-state index contributed by atoms with van der Waals surface area (Å²) in [6.07, 6.45) is 2.00. The third kappa shape index (κ3) is 3.39. The molecule has 0 saturated carbocycles. The van der Waals surface area contributed by atoms with Crippen molar-refractivity contribution < 1.29 is 14.4 Å². The highest BCUT2D eigenvalue weighted by molar-refractivity contribution is 6.09. The predicted molar refractivity (Wildman–Crippen MR) is 109 cm³/mol. The van der Waals surface area contributed by atoms with Crippen LogP contribution in [0.25, 0.3) is 0 Å². The number of rotatable bonds is 5. The molecule has 2 aromatic carbocycles. The highest BCUT2D eigenvalue weighted by Crippen LogP contribution is 2.33. The van der Waals surface area contributed by atoms with Crippen molar-refractivity contribution in [1.82, 2.24) is 15.1 Å². The predicted octanol–water partition coefficient (Wildman–Crippen LogP) is 2.82. The third-order valence-electron chi connectivity index (χ3n) is 5.84. The average Bonchev–Trinajstić information content (AvgIpc) is 2.99. The summed E-state index contributed by atoms with van der Waals surface area (Å²) in [6.45, 7) is 2.85. The first-order valence-electron chi connectivity index (χ1n) is 10.1. The number of carbonyl (C=O) groups excluding carboxylic acids is 3. The lowest BCUT2D eigenvalue weighted by Crippen LogP contribution is -2.46. The van der Waals surface area contributed by atoms with Gasteiger partial charge < -0.3 is 10.2 Å². The molecule has 0 aliphatic carbocycles. The molecule has 6 heteroatoms. The fourth-order valence-electron chi connectivity index (χ4n) is 4.32. The molecule has 0 radical (unpaired) electrons. The van der Waals surface area contributed by atoms with E-state index in [0.29, 0.717) is 19.5 Å². The van der Waals surface area contributed by atoms with Gasteiger partial charge in [0.25, 0.3) is 5.91 Å². The molecule has 4 rings (SSSR count). The molecule has 2 aromatic rings. The first-order valence-corrected chi connectivity index (χ1v) is 10.1. The zero-order valence-corrected chi connectivity index (χ0v) is 16.6. The first kappa shape index (κ1) is 19.2. The van der Waals surface area contributed by atoms with E-state index in [2.05, 4.69) is 11.4 Å². The summed E-state index contributed by atoms with van der Waals surface area (Å²) in [6, 6.07) is 16.8. The minimum Gasteiger partial charge on any atom is -0.336 e. The van der Waals surface area contributed by atoms with Crippen LogP contribution < -0.4 is 5.32 Å². The van der Waals surface area contributed by atoms with E-state index in [1.807, 2.05) is 55.5 Å². The normalized spacial score (nSPS) is 21.1. The largest absolute Gasteiger partial charge is 0.336 e. The van der Waals surface area contributed by atoms with Gasteiger partial charge in [0.2, 0.25) is 5.91 Å². The van der Waals surface area contributed by atoms with Crippen LogP contribution in [0.2, 0.25) is 0 Å². The number of urea groups is 1. The topological polar surface area (TPSA) is 69.7 Å². The van der Waals surface area contributed by atoms with Crippen molar-refractivity contribution in [2.45, 2.75) is 38.3 Å². The van der Waals surface area contributed by atoms with E-state index in [9.17, 15) is 14.4 Å². The number of nitrogens with one attached hydrogen (secondary N) is 1. The van der Waals surface area contributed by atoms with Gasteiger partial charge in [0.05, 0.1) is 0 Å². The lowest BCUT2D eigenvalue weighted by Gasteiger charge is -2.30. The number of benzene rings is 2. The fourth-order valence-corrected chi connectivity index (χ4v) is 4.32. The molecule has 150 valence electrons. The maximum atomic E-state index is 13.3. The number of fused-ring (bicyclic) bond motifs is 1. The van der Waals surface area contributed by atoms with E-state index in [4.69, 9.17) is 0 Å². The van der Waals surface area contributed by atoms with Crippen LogP contribution in [0.1, 0.15) is 36.5 Å². The van der Waals surface area contributed by atoms with E-state index in [1.54, 1.807) is 4.90 Å². The summed E-state index contributed by atoms with van der Waals surface area (Å²) in [5.41, 5.74) is 2.02. The van der Waals surface area contributed by atoms with Crippen molar-refractivity contribution in [3.63, 3.8) is 0 Å². The Morgan fingerprint density at radius 3 is 2.45 bits per heavy atom. The van der Waals surface area contributed by atoms with Crippen molar-refractivity contribution in [2.75, 3.05) is 13.1 Å². The molecule has 1 fully saturated rings. The van der Waals surface area contributed by atoms with Crippen LogP contribution in [0.3, 0.4) is 0 Å². The molecule has 2 aliphatic rings. The molecule has 1 saturated heterocycles. The number of hydrogen-bond donors (Lipinski definition) is 1. The SMILES string of the molecule is CCCC1(c2ccccc2)NC(=O)N(CC(=O)N2CCc3ccccc3C2)C1=O. The van der Waals surface area contributed by atoms with E-state index in [0.717, 1.165) is 28.9 Å². The van der Waals surface area contributed by atoms with Gasteiger partial charge in [-0.1, -0.05) is 67.9 Å². The zero-order chi connectivity index (χ0) is 20.4. The number of imide groups is 1. The summed E-state index contributed by atoms with van der Waals surface area (Å²) in [7, 11) is 0. The Morgan fingerprint density at radius 1 is 1.03 bits per heavy atom. The Labute approximate surface area is 170 Å². The maximum Gasteiger partial charge on any atom is 0.325 e. The molecule has 2 aliphatic heterocycles. The Morgan fingerprint density at radius 2 is 1.72 bits per heavy atom. The van der Waals surface area contributed by atoms with Gasteiger partial charge in [-0.25, -0.2) is 4.79 Å². The fraction of sp³-hybridized carbons (Fsp3) is 0.348. The lowest BCUT2D eigenvalue weighted by molar-refractivity contribution is -0.139.